The second kappa shape index (κ2) is 8.57. The van der Waals surface area contributed by atoms with Gasteiger partial charge in [0.25, 0.3) is 0 Å². The third kappa shape index (κ3) is 4.21. The average Bonchev–Trinajstić information content (AvgIpc) is 3.41. The molecule has 38 heavy (non-hydrogen) atoms. The van der Waals surface area contributed by atoms with Gasteiger partial charge in [-0.2, -0.15) is 18.3 Å². The van der Waals surface area contributed by atoms with Crippen LogP contribution in [0.5, 0.6) is 0 Å². The van der Waals surface area contributed by atoms with Gasteiger partial charge in [0.15, 0.2) is 26.7 Å². The van der Waals surface area contributed by atoms with Crippen molar-refractivity contribution in [2.75, 3.05) is 30.0 Å². The molecule has 2 aromatic heterocycles. The molecule has 6 rings (SSSR count). The number of aromatic nitrogens is 3. The first-order chi connectivity index (χ1) is 17.9. The van der Waals surface area contributed by atoms with Crippen LogP contribution >= 0.6 is 11.6 Å². The molecular formula is C25H25ClF3N5O3S. The molecular weight excluding hydrogens is 543 g/mol. The van der Waals surface area contributed by atoms with E-state index in [1.54, 1.807) is 28.9 Å². The molecule has 1 saturated heterocycles. The van der Waals surface area contributed by atoms with Crippen molar-refractivity contribution in [1.29, 1.82) is 0 Å². The molecule has 8 nitrogen and oxygen atoms in total. The summed E-state index contributed by atoms with van der Waals surface area (Å²) in [5.41, 5.74) is 2.22. The highest BCUT2D eigenvalue weighted by molar-refractivity contribution is 7.91. The minimum atomic E-state index is -4.74. The van der Waals surface area contributed by atoms with Gasteiger partial charge < -0.3 is 9.80 Å². The number of halogens is 4. The fourth-order valence-electron chi connectivity index (χ4n) is 6.05. The number of amides is 1. The van der Waals surface area contributed by atoms with Gasteiger partial charge in [0.1, 0.15) is 0 Å². The zero-order chi connectivity index (χ0) is 27.0. The zero-order valence-electron chi connectivity index (χ0n) is 20.4. The Morgan fingerprint density at radius 3 is 2.61 bits per heavy atom. The van der Waals surface area contributed by atoms with Crippen LogP contribution in [-0.4, -0.2) is 65.1 Å². The van der Waals surface area contributed by atoms with Gasteiger partial charge in [0.05, 0.1) is 35.0 Å². The van der Waals surface area contributed by atoms with E-state index in [2.05, 4.69) is 10.1 Å². The van der Waals surface area contributed by atoms with Crippen LogP contribution in [0.4, 0.5) is 24.5 Å². The second-order valence-electron chi connectivity index (χ2n) is 10.5. The highest BCUT2D eigenvalue weighted by atomic mass is 35.5. The maximum atomic E-state index is 14.3. The summed E-state index contributed by atoms with van der Waals surface area (Å²) in [5.74, 6) is -2.23. The van der Waals surface area contributed by atoms with Crippen molar-refractivity contribution >= 4 is 44.4 Å². The summed E-state index contributed by atoms with van der Waals surface area (Å²) >= 11 is 6.05. The molecule has 0 bridgehead atoms. The second-order valence-corrected chi connectivity index (χ2v) is 13.0. The monoisotopic (exact) mass is 567 g/mol. The van der Waals surface area contributed by atoms with Crippen molar-refractivity contribution in [1.82, 2.24) is 19.5 Å². The van der Waals surface area contributed by atoms with Gasteiger partial charge in [0, 0.05) is 25.3 Å². The molecule has 1 saturated carbocycles. The number of benzene rings is 1. The molecule has 2 fully saturated rings. The van der Waals surface area contributed by atoms with Gasteiger partial charge in [0.2, 0.25) is 5.91 Å². The summed E-state index contributed by atoms with van der Waals surface area (Å²) in [6.07, 6.45) is -0.380. The molecule has 4 heterocycles. The number of anilines is 2. The number of carbonyl (C=O) groups excluding carboxylic acids is 1. The summed E-state index contributed by atoms with van der Waals surface area (Å²) in [6, 6.07) is 5.43. The molecule has 1 aromatic carbocycles. The minimum Gasteiger partial charge on any atom is -0.339 e. The van der Waals surface area contributed by atoms with E-state index in [4.69, 9.17) is 11.6 Å². The SMILES string of the molecule is CN(C(=O)[C@H]1CS(=O)(=O)CC12CC2)[C@@H](c1ccc(N2CCCc3c2cnc2cc(Cl)nn32)cc1)C(F)(F)F. The van der Waals surface area contributed by atoms with Crippen molar-refractivity contribution in [2.45, 2.75) is 37.9 Å². The maximum absolute atomic E-state index is 14.3. The predicted molar refractivity (Wildman–Crippen MR) is 135 cm³/mol. The van der Waals surface area contributed by atoms with Crippen molar-refractivity contribution in [3.63, 3.8) is 0 Å². The van der Waals surface area contributed by atoms with E-state index < -0.39 is 45.0 Å². The number of hydrogen-bond acceptors (Lipinski definition) is 6. The van der Waals surface area contributed by atoms with Gasteiger partial charge in [-0.25, -0.2) is 17.9 Å². The predicted octanol–water partition coefficient (Wildman–Crippen LogP) is 4.35. The molecule has 0 radical (unpaired) electrons. The number of alkyl halides is 3. The molecule has 1 amide bonds. The Hall–Kier alpha value is -2.86. The largest absolute Gasteiger partial charge is 0.413 e. The van der Waals surface area contributed by atoms with Crippen LogP contribution in [0.1, 0.15) is 36.6 Å². The van der Waals surface area contributed by atoms with Crippen molar-refractivity contribution in [3.05, 3.63) is 52.9 Å². The van der Waals surface area contributed by atoms with E-state index in [-0.39, 0.29) is 11.3 Å². The van der Waals surface area contributed by atoms with E-state index in [0.29, 0.717) is 40.8 Å². The summed E-state index contributed by atoms with van der Waals surface area (Å²) in [7, 11) is -2.34. The third-order valence-corrected chi connectivity index (χ3v) is 10.1. The van der Waals surface area contributed by atoms with Gasteiger partial charge in [-0.05, 0) is 48.8 Å². The first-order valence-electron chi connectivity index (χ1n) is 12.3. The van der Waals surface area contributed by atoms with Gasteiger partial charge in [-0.15, -0.1) is 0 Å². The van der Waals surface area contributed by atoms with E-state index in [9.17, 15) is 26.4 Å². The quantitative estimate of drug-likeness (QED) is 0.466. The smallest absolute Gasteiger partial charge is 0.339 e. The van der Waals surface area contributed by atoms with Crippen molar-refractivity contribution in [2.24, 2.45) is 11.3 Å². The van der Waals surface area contributed by atoms with Crippen molar-refractivity contribution in [3.8, 4) is 0 Å². The topological polar surface area (TPSA) is 87.9 Å². The molecule has 1 spiro atoms. The lowest BCUT2D eigenvalue weighted by Gasteiger charge is -2.34. The number of rotatable bonds is 4. The van der Waals surface area contributed by atoms with Crippen LogP contribution in [0.25, 0.3) is 5.65 Å². The number of carbonyl (C=O) groups is 1. The first kappa shape index (κ1) is 25.4. The Morgan fingerprint density at radius 1 is 1.24 bits per heavy atom. The van der Waals surface area contributed by atoms with Gasteiger partial charge in [-0.3, -0.25) is 4.79 Å². The molecule has 0 N–H and O–H groups in total. The van der Waals surface area contributed by atoms with Crippen molar-refractivity contribution < 1.29 is 26.4 Å². The van der Waals surface area contributed by atoms with Gasteiger partial charge >= 0.3 is 6.18 Å². The fraction of sp³-hybridized carbons (Fsp3) is 0.480. The molecule has 2 atom stereocenters. The summed E-state index contributed by atoms with van der Waals surface area (Å²) in [6.45, 7) is 0.647. The lowest BCUT2D eigenvalue weighted by molar-refractivity contribution is -0.190. The zero-order valence-corrected chi connectivity index (χ0v) is 22.0. The number of sulfone groups is 1. The number of hydrogen-bond donors (Lipinski definition) is 0. The van der Waals surface area contributed by atoms with Crippen LogP contribution in [-0.2, 0) is 21.1 Å². The Bertz CT molecular complexity index is 1540. The standard InChI is InChI=1S/C25H25ClF3N5O3S/c1-32(23(35)17-13-38(36,37)14-24(17)8-9-24)22(25(27,28)29)15-4-6-16(7-5-15)33-10-2-3-18-19(33)12-30-21-11-20(26)31-34(18)21/h4-7,11-12,17,22H,2-3,8-10,13-14H2,1H3/t17-,22+/m1/s1. The first-order valence-corrected chi connectivity index (χ1v) is 14.5. The Kier molecular flexibility index (Phi) is 5.73. The summed E-state index contributed by atoms with van der Waals surface area (Å²) in [4.78, 5) is 20.3. The average molecular weight is 568 g/mol. The van der Waals surface area contributed by atoms with Crippen LogP contribution in [0.3, 0.4) is 0 Å². The molecule has 0 unspecified atom stereocenters. The van der Waals surface area contributed by atoms with E-state index in [0.717, 1.165) is 31.3 Å². The summed E-state index contributed by atoms with van der Waals surface area (Å²) < 4.78 is 69.0. The molecule has 3 aliphatic rings. The molecule has 1 aliphatic carbocycles. The minimum absolute atomic E-state index is 0.0903. The fourth-order valence-corrected chi connectivity index (χ4v) is 8.71. The van der Waals surface area contributed by atoms with Crippen LogP contribution in [0.15, 0.2) is 36.5 Å². The van der Waals surface area contributed by atoms with Gasteiger partial charge in [-0.1, -0.05) is 23.7 Å². The number of nitrogens with zero attached hydrogens (tertiary/aromatic N) is 5. The molecule has 13 heteroatoms. The lowest BCUT2D eigenvalue weighted by Crippen LogP contribution is -2.44. The van der Waals surface area contributed by atoms with Crippen LogP contribution in [0, 0.1) is 11.3 Å². The lowest BCUT2D eigenvalue weighted by atomic mass is 9.90. The van der Waals surface area contributed by atoms with Crippen LogP contribution < -0.4 is 4.90 Å². The highest BCUT2D eigenvalue weighted by Crippen LogP contribution is 2.58. The number of aryl methyl sites for hydroxylation is 1. The van der Waals surface area contributed by atoms with E-state index in [1.165, 1.54) is 12.1 Å². The Balaban J connectivity index is 1.30. The summed E-state index contributed by atoms with van der Waals surface area (Å²) in [5, 5.41) is 4.63. The van der Waals surface area contributed by atoms with E-state index >= 15 is 0 Å². The Labute approximate surface area is 222 Å². The molecule has 202 valence electrons. The highest BCUT2D eigenvalue weighted by Gasteiger charge is 2.62. The third-order valence-electron chi connectivity index (χ3n) is 8.04. The van der Waals surface area contributed by atoms with Crippen LogP contribution in [0.2, 0.25) is 5.15 Å². The normalized spacial score (nSPS) is 22.4. The molecule has 2 aliphatic heterocycles. The molecule has 3 aromatic rings. The maximum Gasteiger partial charge on any atom is 0.413 e. The number of fused-ring (bicyclic) bond motifs is 3. The Morgan fingerprint density at radius 2 is 1.95 bits per heavy atom. The van der Waals surface area contributed by atoms with E-state index in [1.807, 2.05) is 4.90 Å².